The van der Waals surface area contributed by atoms with E-state index in [0.717, 1.165) is 16.9 Å². The zero-order chi connectivity index (χ0) is 14.4. The van der Waals surface area contributed by atoms with Crippen LogP contribution in [0, 0.1) is 5.92 Å². The third-order valence-electron chi connectivity index (χ3n) is 4.28. The molecule has 4 heteroatoms. The van der Waals surface area contributed by atoms with Crippen LogP contribution in [0.5, 0.6) is 0 Å². The van der Waals surface area contributed by atoms with Gasteiger partial charge in [0.15, 0.2) is 0 Å². The number of rotatable bonds is 4. The van der Waals surface area contributed by atoms with Gasteiger partial charge in [0, 0.05) is 12.0 Å². The van der Waals surface area contributed by atoms with Crippen LogP contribution in [0.4, 0.5) is 0 Å². The van der Waals surface area contributed by atoms with Crippen molar-refractivity contribution in [3.63, 3.8) is 0 Å². The van der Waals surface area contributed by atoms with E-state index < -0.39 is 5.97 Å². The van der Waals surface area contributed by atoms with Crippen LogP contribution in [0.15, 0.2) is 18.2 Å². The molecule has 1 atom stereocenters. The van der Waals surface area contributed by atoms with Crippen LogP contribution in [-0.2, 0) is 0 Å². The Bertz CT molecular complexity index is 668. The molecule has 4 nitrogen and oxygen atoms in total. The maximum Gasteiger partial charge on any atom is 0.335 e. The second kappa shape index (κ2) is 4.62. The van der Waals surface area contributed by atoms with E-state index in [1.807, 2.05) is 6.07 Å². The Hall–Kier alpha value is -1.84. The van der Waals surface area contributed by atoms with Gasteiger partial charge in [-0.1, -0.05) is 13.8 Å². The first-order valence-corrected chi connectivity index (χ1v) is 7.24. The van der Waals surface area contributed by atoms with Crippen molar-refractivity contribution in [2.45, 2.75) is 45.6 Å². The monoisotopic (exact) mass is 272 g/mol. The summed E-state index contributed by atoms with van der Waals surface area (Å²) in [5.41, 5.74) is 2.17. The summed E-state index contributed by atoms with van der Waals surface area (Å²) in [6, 6.07) is 5.63. The predicted molar refractivity (Wildman–Crippen MR) is 78.2 cm³/mol. The number of carboxylic acid groups (broad SMARTS) is 1. The Labute approximate surface area is 118 Å². The molecule has 20 heavy (non-hydrogen) atoms. The number of carboxylic acids is 1. The highest BCUT2D eigenvalue weighted by Gasteiger charge is 2.31. The van der Waals surface area contributed by atoms with Gasteiger partial charge in [-0.05, 0) is 43.9 Å². The van der Waals surface area contributed by atoms with E-state index in [2.05, 4.69) is 25.3 Å². The largest absolute Gasteiger partial charge is 0.478 e. The van der Waals surface area contributed by atoms with Gasteiger partial charge in [0.1, 0.15) is 5.82 Å². The standard InChI is InChI=1S/C16H20N2O2/c1-9(2)10(3)18-14-7-6-12(16(19)20)8-13(14)17-15(18)11-4-5-11/h6-11H,4-5H2,1-3H3,(H,19,20). The van der Waals surface area contributed by atoms with Crippen LogP contribution in [0.2, 0.25) is 0 Å². The minimum absolute atomic E-state index is 0.307. The summed E-state index contributed by atoms with van der Waals surface area (Å²) in [5.74, 6) is 1.30. The fourth-order valence-corrected chi connectivity index (χ4v) is 2.61. The average molecular weight is 272 g/mol. The minimum Gasteiger partial charge on any atom is -0.478 e. The first-order valence-electron chi connectivity index (χ1n) is 7.24. The number of aromatic nitrogens is 2. The molecule has 3 rings (SSSR count). The molecule has 1 aliphatic rings. The molecule has 0 radical (unpaired) electrons. The molecule has 1 aromatic heterocycles. The Balaban J connectivity index is 2.19. The van der Waals surface area contributed by atoms with E-state index in [1.54, 1.807) is 12.1 Å². The molecule has 0 aliphatic heterocycles. The molecule has 1 heterocycles. The molecule has 106 valence electrons. The van der Waals surface area contributed by atoms with Crippen molar-refractivity contribution in [3.8, 4) is 0 Å². The SMILES string of the molecule is CC(C)C(C)n1c(C2CC2)nc2cc(C(=O)O)ccc21. The Kier molecular flexibility index (Phi) is 3.04. The first-order chi connectivity index (χ1) is 9.49. The zero-order valence-corrected chi connectivity index (χ0v) is 12.1. The van der Waals surface area contributed by atoms with Crippen molar-refractivity contribution in [3.05, 3.63) is 29.6 Å². The first kappa shape index (κ1) is 13.2. The van der Waals surface area contributed by atoms with Gasteiger partial charge in [0.2, 0.25) is 0 Å². The summed E-state index contributed by atoms with van der Waals surface area (Å²) < 4.78 is 2.31. The Morgan fingerprint density at radius 1 is 1.35 bits per heavy atom. The van der Waals surface area contributed by atoms with Gasteiger partial charge < -0.3 is 9.67 Å². The number of aromatic carboxylic acids is 1. The molecule has 0 saturated heterocycles. The number of nitrogens with zero attached hydrogens (tertiary/aromatic N) is 2. The molecule has 0 spiro atoms. The third-order valence-corrected chi connectivity index (χ3v) is 4.28. The molecule has 0 amide bonds. The zero-order valence-electron chi connectivity index (χ0n) is 12.1. The Morgan fingerprint density at radius 2 is 2.05 bits per heavy atom. The number of fused-ring (bicyclic) bond motifs is 1. The molecule has 1 fully saturated rings. The van der Waals surface area contributed by atoms with Gasteiger partial charge in [0.25, 0.3) is 0 Å². The predicted octanol–water partition coefficient (Wildman–Crippen LogP) is 3.83. The summed E-state index contributed by atoms with van der Waals surface area (Å²) in [7, 11) is 0. The number of imidazole rings is 1. The molecular weight excluding hydrogens is 252 g/mol. The fraction of sp³-hybridized carbons (Fsp3) is 0.500. The summed E-state index contributed by atoms with van der Waals surface area (Å²) in [5, 5.41) is 9.10. The summed E-state index contributed by atoms with van der Waals surface area (Å²) >= 11 is 0. The van der Waals surface area contributed by atoms with Crippen LogP contribution in [-0.4, -0.2) is 20.6 Å². The third kappa shape index (κ3) is 2.09. The summed E-state index contributed by atoms with van der Waals surface area (Å²) in [6.07, 6.45) is 2.39. The molecule has 1 N–H and O–H groups in total. The van der Waals surface area contributed by atoms with Crippen LogP contribution >= 0.6 is 0 Å². The molecule has 2 aromatic rings. The van der Waals surface area contributed by atoms with E-state index in [-0.39, 0.29) is 0 Å². The van der Waals surface area contributed by atoms with Crippen LogP contribution in [0.25, 0.3) is 11.0 Å². The molecule has 1 aromatic carbocycles. The number of hydrogen-bond acceptors (Lipinski definition) is 2. The van der Waals surface area contributed by atoms with E-state index in [0.29, 0.717) is 23.4 Å². The second-order valence-electron chi connectivity index (χ2n) is 6.11. The maximum absolute atomic E-state index is 11.1. The quantitative estimate of drug-likeness (QED) is 0.920. The average Bonchev–Trinajstić information content (AvgIpc) is 3.17. The van der Waals surface area contributed by atoms with E-state index in [1.165, 1.54) is 12.8 Å². The lowest BCUT2D eigenvalue weighted by Gasteiger charge is -2.21. The Morgan fingerprint density at radius 3 is 2.60 bits per heavy atom. The highest BCUT2D eigenvalue weighted by atomic mass is 16.4. The maximum atomic E-state index is 11.1. The van der Waals surface area contributed by atoms with Gasteiger partial charge in [-0.15, -0.1) is 0 Å². The van der Waals surface area contributed by atoms with Crippen molar-refractivity contribution >= 4 is 17.0 Å². The lowest BCUT2D eigenvalue weighted by Crippen LogP contribution is -2.14. The lowest BCUT2D eigenvalue weighted by molar-refractivity contribution is 0.0697. The van der Waals surface area contributed by atoms with Crippen molar-refractivity contribution < 1.29 is 9.90 Å². The molecule has 1 saturated carbocycles. The van der Waals surface area contributed by atoms with E-state index in [9.17, 15) is 4.79 Å². The molecular formula is C16H20N2O2. The summed E-state index contributed by atoms with van der Waals surface area (Å²) in [6.45, 7) is 6.63. The van der Waals surface area contributed by atoms with Gasteiger partial charge in [-0.2, -0.15) is 0 Å². The van der Waals surface area contributed by atoms with Crippen LogP contribution in [0.1, 0.15) is 61.8 Å². The topological polar surface area (TPSA) is 55.1 Å². The minimum atomic E-state index is -0.897. The number of benzene rings is 1. The van der Waals surface area contributed by atoms with E-state index >= 15 is 0 Å². The second-order valence-corrected chi connectivity index (χ2v) is 6.11. The van der Waals surface area contributed by atoms with Crippen molar-refractivity contribution in [2.75, 3.05) is 0 Å². The summed E-state index contributed by atoms with van der Waals surface area (Å²) in [4.78, 5) is 15.8. The lowest BCUT2D eigenvalue weighted by atomic mass is 10.1. The van der Waals surface area contributed by atoms with Gasteiger partial charge in [0.05, 0.1) is 16.6 Å². The smallest absolute Gasteiger partial charge is 0.335 e. The molecule has 1 unspecified atom stereocenters. The van der Waals surface area contributed by atoms with Gasteiger partial charge >= 0.3 is 5.97 Å². The van der Waals surface area contributed by atoms with E-state index in [4.69, 9.17) is 10.1 Å². The molecule has 1 aliphatic carbocycles. The fourth-order valence-electron chi connectivity index (χ4n) is 2.61. The van der Waals surface area contributed by atoms with Gasteiger partial charge in [-0.3, -0.25) is 0 Å². The van der Waals surface area contributed by atoms with Crippen molar-refractivity contribution in [2.24, 2.45) is 5.92 Å². The van der Waals surface area contributed by atoms with Crippen molar-refractivity contribution in [1.29, 1.82) is 0 Å². The number of hydrogen-bond donors (Lipinski definition) is 1. The van der Waals surface area contributed by atoms with Gasteiger partial charge in [-0.25, -0.2) is 9.78 Å². The van der Waals surface area contributed by atoms with Crippen LogP contribution < -0.4 is 0 Å². The number of carbonyl (C=O) groups is 1. The highest BCUT2D eigenvalue weighted by Crippen LogP contribution is 2.42. The van der Waals surface area contributed by atoms with Crippen molar-refractivity contribution in [1.82, 2.24) is 9.55 Å². The highest BCUT2D eigenvalue weighted by molar-refractivity contribution is 5.92. The molecule has 0 bridgehead atoms. The van der Waals surface area contributed by atoms with Crippen LogP contribution in [0.3, 0.4) is 0 Å². The normalized spacial score (nSPS) is 16.8.